The average Bonchev–Trinajstić information content (AvgIpc) is 2.29. The predicted molar refractivity (Wildman–Crippen MR) is 42.6 cm³/mol. The van der Waals surface area contributed by atoms with E-state index in [2.05, 4.69) is 0 Å². The van der Waals surface area contributed by atoms with Crippen molar-refractivity contribution >= 4 is 0 Å². The number of nitrogens with zero attached hydrogens (tertiary/aromatic N) is 1. The zero-order valence-corrected chi connectivity index (χ0v) is 6.93. The highest BCUT2D eigenvalue weighted by molar-refractivity contribution is 4.99. The lowest BCUT2D eigenvalue weighted by Crippen LogP contribution is -2.48. The smallest absolute Gasteiger partial charge is 0.0991 e. The summed E-state index contributed by atoms with van der Waals surface area (Å²) >= 11 is 0. The standard InChI is InChI=1S/C8H15NO3/c10-5-2-1-3-9-4-6(11)8(12)7(5)9/h5-8,10-12H,1-4H2/t5?,6-,7?,8-/m1/s1. The summed E-state index contributed by atoms with van der Waals surface area (Å²) in [5, 5.41) is 28.4. The maximum atomic E-state index is 9.55. The van der Waals surface area contributed by atoms with Gasteiger partial charge in [-0.1, -0.05) is 0 Å². The first-order chi connectivity index (χ1) is 5.70. The van der Waals surface area contributed by atoms with Crippen LogP contribution in [0.3, 0.4) is 0 Å². The second-order valence-corrected chi connectivity index (χ2v) is 3.75. The highest BCUT2D eigenvalue weighted by Gasteiger charge is 2.45. The molecule has 4 nitrogen and oxygen atoms in total. The molecule has 0 aromatic heterocycles. The average molecular weight is 173 g/mol. The Balaban J connectivity index is 2.12. The molecule has 0 aromatic carbocycles. The van der Waals surface area contributed by atoms with Gasteiger partial charge in [-0.3, -0.25) is 4.90 Å². The molecular formula is C8H15NO3. The number of fused-ring (bicyclic) bond motifs is 1. The van der Waals surface area contributed by atoms with Gasteiger partial charge >= 0.3 is 0 Å². The molecule has 4 heteroatoms. The van der Waals surface area contributed by atoms with Gasteiger partial charge in [-0.15, -0.1) is 0 Å². The second-order valence-electron chi connectivity index (χ2n) is 3.75. The molecule has 0 spiro atoms. The monoisotopic (exact) mass is 173 g/mol. The second kappa shape index (κ2) is 2.96. The molecule has 2 aliphatic rings. The molecule has 0 radical (unpaired) electrons. The molecule has 2 heterocycles. The van der Waals surface area contributed by atoms with Crippen LogP contribution in [0.2, 0.25) is 0 Å². The van der Waals surface area contributed by atoms with Crippen LogP contribution in [0.1, 0.15) is 12.8 Å². The molecule has 0 saturated carbocycles. The van der Waals surface area contributed by atoms with Crippen LogP contribution >= 0.6 is 0 Å². The Morgan fingerprint density at radius 1 is 1.08 bits per heavy atom. The number of aliphatic hydroxyl groups is 3. The lowest BCUT2D eigenvalue weighted by Gasteiger charge is -2.34. The number of piperidine rings is 1. The van der Waals surface area contributed by atoms with E-state index in [9.17, 15) is 15.3 Å². The molecule has 0 aliphatic carbocycles. The van der Waals surface area contributed by atoms with Crippen LogP contribution in [-0.4, -0.2) is 57.7 Å². The summed E-state index contributed by atoms with van der Waals surface area (Å²) < 4.78 is 0. The van der Waals surface area contributed by atoms with Crippen molar-refractivity contribution in [3.63, 3.8) is 0 Å². The fourth-order valence-electron chi connectivity index (χ4n) is 2.30. The quantitative estimate of drug-likeness (QED) is 0.419. The Labute approximate surface area is 71.4 Å². The topological polar surface area (TPSA) is 63.9 Å². The molecule has 2 fully saturated rings. The van der Waals surface area contributed by atoms with Crippen molar-refractivity contribution in [2.24, 2.45) is 0 Å². The fraction of sp³-hybridized carbons (Fsp3) is 1.00. The summed E-state index contributed by atoms with van der Waals surface area (Å²) in [7, 11) is 0. The third-order valence-corrected chi connectivity index (χ3v) is 2.93. The van der Waals surface area contributed by atoms with Gasteiger partial charge in [0.1, 0.15) is 0 Å². The highest BCUT2D eigenvalue weighted by Crippen LogP contribution is 2.27. The number of hydrogen-bond acceptors (Lipinski definition) is 4. The maximum absolute atomic E-state index is 9.55. The summed E-state index contributed by atoms with van der Waals surface area (Å²) in [6.45, 7) is 1.39. The minimum absolute atomic E-state index is 0.228. The molecule has 0 amide bonds. The van der Waals surface area contributed by atoms with Crippen LogP contribution in [0.4, 0.5) is 0 Å². The van der Waals surface area contributed by atoms with Gasteiger partial charge in [0.25, 0.3) is 0 Å². The van der Waals surface area contributed by atoms with Crippen LogP contribution in [0, 0.1) is 0 Å². The van der Waals surface area contributed by atoms with E-state index in [1.807, 2.05) is 4.90 Å². The van der Waals surface area contributed by atoms with Crippen molar-refractivity contribution in [1.29, 1.82) is 0 Å². The van der Waals surface area contributed by atoms with Gasteiger partial charge in [-0.25, -0.2) is 0 Å². The highest BCUT2D eigenvalue weighted by atomic mass is 16.3. The molecule has 4 atom stereocenters. The summed E-state index contributed by atoms with van der Waals surface area (Å²) in [6.07, 6.45) is -0.212. The van der Waals surface area contributed by atoms with Crippen molar-refractivity contribution in [1.82, 2.24) is 4.90 Å². The van der Waals surface area contributed by atoms with Gasteiger partial charge in [0.2, 0.25) is 0 Å². The molecule has 2 rings (SSSR count). The van der Waals surface area contributed by atoms with Crippen molar-refractivity contribution in [2.45, 2.75) is 37.2 Å². The minimum Gasteiger partial charge on any atom is -0.391 e. The van der Waals surface area contributed by atoms with Gasteiger partial charge in [-0.2, -0.15) is 0 Å². The third-order valence-electron chi connectivity index (χ3n) is 2.93. The largest absolute Gasteiger partial charge is 0.391 e. The molecule has 0 bridgehead atoms. The van der Waals surface area contributed by atoms with Gasteiger partial charge in [0, 0.05) is 6.54 Å². The van der Waals surface area contributed by atoms with E-state index >= 15 is 0 Å². The predicted octanol–water partition coefficient (Wildman–Crippen LogP) is -1.45. The number of aliphatic hydroxyl groups excluding tert-OH is 3. The fourth-order valence-corrected chi connectivity index (χ4v) is 2.30. The Kier molecular flexibility index (Phi) is 2.08. The van der Waals surface area contributed by atoms with E-state index in [-0.39, 0.29) is 6.04 Å². The summed E-state index contributed by atoms with van der Waals surface area (Å²) in [5.41, 5.74) is 0. The van der Waals surface area contributed by atoms with Gasteiger partial charge in [0.15, 0.2) is 0 Å². The van der Waals surface area contributed by atoms with E-state index in [1.54, 1.807) is 0 Å². The summed E-state index contributed by atoms with van der Waals surface area (Å²) in [4.78, 5) is 1.98. The van der Waals surface area contributed by atoms with E-state index in [1.165, 1.54) is 0 Å². The summed E-state index contributed by atoms with van der Waals surface area (Å²) in [6, 6.07) is -0.228. The first kappa shape index (κ1) is 8.44. The number of rotatable bonds is 0. The molecule has 70 valence electrons. The first-order valence-electron chi connectivity index (χ1n) is 4.48. The lowest BCUT2D eigenvalue weighted by atomic mass is 9.97. The molecule has 3 N–H and O–H groups in total. The van der Waals surface area contributed by atoms with Crippen molar-refractivity contribution < 1.29 is 15.3 Å². The molecule has 2 aliphatic heterocycles. The van der Waals surface area contributed by atoms with E-state index < -0.39 is 18.3 Å². The molecule has 2 saturated heterocycles. The van der Waals surface area contributed by atoms with Crippen molar-refractivity contribution in [3.8, 4) is 0 Å². The molecule has 0 aromatic rings. The zero-order chi connectivity index (χ0) is 8.72. The van der Waals surface area contributed by atoms with Gasteiger partial charge in [-0.05, 0) is 19.4 Å². The minimum atomic E-state index is -0.764. The van der Waals surface area contributed by atoms with Crippen LogP contribution < -0.4 is 0 Å². The van der Waals surface area contributed by atoms with Crippen LogP contribution in [0.5, 0.6) is 0 Å². The van der Waals surface area contributed by atoms with Crippen LogP contribution in [-0.2, 0) is 0 Å². The van der Waals surface area contributed by atoms with Crippen molar-refractivity contribution in [3.05, 3.63) is 0 Å². The Hall–Kier alpha value is -0.160. The van der Waals surface area contributed by atoms with Gasteiger partial charge in [0.05, 0.1) is 24.4 Å². The van der Waals surface area contributed by atoms with E-state index in [4.69, 9.17) is 0 Å². The van der Waals surface area contributed by atoms with Crippen LogP contribution in [0.15, 0.2) is 0 Å². The summed E-state index contributed by atoms with van der Waals surface area (Å²) in [5.74, 6) is 0. The number of hydrogen-bond donors (Lipinski definition) is 3. The van der Waals surface area contributed by atoms with Crippen LogP contribution in [0.25, 0.3) is 0 Å². The SMILES string of the molecule is OC1CCCN2C[C@@H](O)[C@@H](O)C12. The normalized spacial score (nSPS) is 49.2. The van der Waals surface area contributed by atoms with E-state index in [0.717, 1.165) is 19.4 Å². The molecule has 2 unspecified atom stereocenters. The van der Waals surface area contributed by atoms with Crippen molar-refractivity contribution in [2.75, 3.05) is 13.1 Å². The molecular weight excluding hydrogens is 158 g/mol. The maximum Gasteiger partial charge on any atom is 0.0991 e. The molecule has 12 heavy (non-hydrogen) atoms. The Morgan fingerprint density at radius 3 is 2.50 bits per heavy atom. The zero-order valence-electron chi connectivity index (χ0n) is 6.93. The Morgan fingerprint density at radius 2 is 1.83 bits per heavy atom. The van der Waals surface area contributed by atoms with Gasteiger partial charge < -0.3 is 15.3 Å². The third kappa shape index (κ3) is 1.15. The van der Waals surface area contributed by atoms with E-state index in [0.29, 0.717) is 6.54 Å². The lowest BCUT2D eigenvalue weighted by molar-refractivity contribution is -0.0282. The Bertz CT molecular complexity index is 176. The first-order valence-corrected chi connectivity index (χ1v) is 4.48.